The first-order valence-electron chi connectivity index (χ1n) is 2.94. The molecule has 0 aliphatic carbocycles. The summed E-state index contributed by atoms with van der Waals surface area (Å²) in [4.78, 5) is 10.7. The number of nitrogens with one attached hydrogen (secondary N) is 2. The van der Waals surface area contributed by atoms with Gasteiger partial charge in [-0.25, -0.2) is 0 Å². The van der Waals surface area contributed by atoms with Gasteiger partial charge in [0.05, 0.1) is 10.8 Å². The Bertz CT molecular complexity index is 225. The molecule has 0 atom stereocenters. The van der Waals surface area contributed by atoms with Crippen molar-refractivity contribution < 1.29 is 18.0 Å². The van der Waals surface area contributed by atoms with Crippen LogP contribution in [0, 0.1) is 0 Å². The van der Waals surface area contributed by atoms with Gasteiger partial charge in [0.25, 0.3) is 5.91 Å². The lowest BCUT2D eigenvalue weighted by Gasteiger charge is -2.07. The van der Waals surface area contributed by atoms with Gasteiger partial charge in [0.15, 0.2) is 0 Å². The van der Waals surface area contributed by atoms with E-state index in [1.165, 1.54) is 6.20 Å². The number of rotatable bonds is 1. The molecular weight excluding hydrogens is 193 g/mol. The van der Waals surface area contributed by atoms with Gasteiger partial charge in [0.1, 0.15) is 0 Å². The zero-order valence-corrected chi connectivity index (χ0v) is 6.55. The lowest BCUT2D eigenvalue weighted by molar-refractivity contribution is -0.166. The highest BCUT2D eigenvalue weighted by Crippen LogP contribution is 2.20. The zero-order valence-electron chi connectivity index (χ0n) is 5.73. The molecule has 0 fully saturated rings. The SMILES string of the molecule is O=C(NC(F)(F)F)C1=CNCS1. The number of carbonyl (C=O) groups excluding carboxylic acids is 1. The molecule has 68 valence electrons. The molecular formula is C5H5F3N2OS. The number of amides is 1. The highest BCUT2D eigenvalue weighted by atomic mass is 32.2. The number of halogens is 3. The van der Waals surface area contributed by atoms with Crippen molar-refractivity contribution >= 4 is 17.7 Å². The van der Waals surface area contributed by atoms with Crippen molar-refractivity contribution in [3.05, 3.63) is 11.1 Å². The lowest BCUT2D eigenvalue weighted by atomic mass is 10.5. The first kappa shape index (κ1) is 9.24. The average molecular weight is 198 g/mol. The van der Waals surface area contributed by atoms with Gasteiger partial charge < -0.3 is 5.32 Å². The van der Waals surface area contributed by atoms with Crippen LogP contribution in [0.2, 0.25) is 0 Å². The molecule has 0 aromatic rings. The van der Waals surface area contributed by atoms with E-state index in [-0.39, 0.29) is 4.91 Å². The molecule has 7 heteroatoms. The minimum Gasteiger partial charge on any atom is -0.380 e. The van der Waals surface area contributed by atoms with Crippen LogP contribution >= 0.6 is 11.8 Å². The average Bonchev–Trinajstić information content (AvgIpc) is 2.32. The number of hydrogen-bond donors (Lipinski definition) is 2. The van der Waals surface area contributed by atoms with E-state index in [1.807, 2.05) is 0 Å². The van der Waals surface area contributed by atoms with Crippen molar-refractivity contribution in [2.45, 2.75) is 6.30 Å². The number of alkyl halides is 3. The van der Waals surface area contributed by atoms with Crippen LogP contribution in [-0.4, -0.2) is 18.1 Å². The number of hydrogen-bond acceptors (Lipinski definition) is 3. The third kappa shape index (κ3) is 2.65. The predicted molar refractivity (Wildman–Crippen MR) is 37.9 cm³/mol. The monoisotopic (exact) mass is 198 g/mol. The van der Waals surface area contributed by atoms with Crippen LogP contribution < -0.4 is 10.6 Å². The maximum Gasteiger partial charge on any atom is 0.484 e. The van der Waals surface area contributed by atoms with Gasteiger partial charge in [-0.15, -0.1) is 0 Å². The van der Waals surface area contributed by atoms with Crippen LogP contribution in [0.5, 0.6) is 0 Å². The number of thioether (sulfide) groups is 1. The van der Waals surface area contributed by atoms with Gasteiger partial charge in [-0.1, -0.05) is 11.8 Å². The Morgan fingerprint density at radius 3 is 2.75 bits per heavy atom. The summed E-state index contributed by atoms with van der Waals surface area (Å²) in [7, 11) is 0. The molecule has 0 unspecified atom stereocenters. The van der Waals surface area contributed by atoms with Gasteiger partial charge in [0, 0.05) is 6.20 Å². The Morgan fingerprint density at radius 2 is 2.33 bits per heavy atom. The zero-order chi connectivity index (χ0) is 9.19. The maximum absolute atomic E-state index is 11.6. The summed E-state index contributed by atoms with van der Waals surface area (Å²) >= 11 is 1.03. The highest BCUT2D eigenvalue weighted by molar-refractivity contribution is 8.04. The van der Waals surface area contributed by atoms with E-state index in [0.717, 1.165) is 17.1 Å². The van der Waals surface area contributed by atoms with Gasteiger partial charge >= 0.3 is 6.30 Å². The van der Waals surface area contributed by atoms with E-state index >= 15 is 0 Å². The smallest absolute Gasteiger partial charge is 0.380 e. The fourth-order valence-electron chi connectivity index (χ4n) is 0.617. The first-order chi connectivity index (χ1) is 5.49. The van der Waals surface area contributed by atoms with Crippen molar-refractivity contribution in [1.82, 2.24) is 10.6 Å². The fourth-order valence-corrected chi connectivity index (χ4v) is 1.29. The molecule has 1 rings (SSSR count). The Labute approximate surface area is 70.4 Å². The van der Waals surface area contributed by atoms with E-state index in [1.54, 1.807) is 0 Å². The van der Waals surface area contributed by atoms with Crippen molar-refractivity contribution in [1.29, 1.82) is 0 Å². The lowest BCUT2D eigenvalue weighted by Crippen LogP contribution is -2.37. The second-order valence-electron chi connectivity index (χ2n) is 1.95. The van der Waals surface area contributed by atoms with Crippen LogP contribution in [0.15, 0.2) is 11.1 Å². The van der Waals surface area contributed by atoms with Gasteiger partial charge in [-0.2, -0.15) is 13.2 Å². The van der Waals surface area contributed by atoms with Crippen LogP contribution in [-0.2, 0) is 4.79 Å². The van der Waals surface area contributed by atoms with Crippen molar-refractivity contribution in [2.24, 2.45) is 0 Å². The van der Waals surface area contributed by atoms with Crippen LogP contribution in [0.3, 0.4) is 0 Å². The Hall–Kier alpha value is -0.850. The Kier molecular flexibility index (Phi) is 2.51. The van der Waals surface area contributed by atoms with Crippen LogP contribution in [0.1, 0.15) is 0 Å². The predicted octanol–water partition coefficient (Wildman–Crippen LogP) is 0.758. The molecule has 1 aliphatic heterocycles. The molecule has 1 heterocycles. The van der Waals surface area contributed by atoms with Crippen LogP contribution in [0.4, 0.5) is 13.2 Å². The molecule has 0 aromatic heterocycles. The minimum absolute atomic E-state index is 0.0484. The van der Waals surface area contributed by atoms with Crippen molar-refractivity contribution in [3.63, 3.8) is 0 Å². The van der Waals surface area contributed by atoms with Crippen molar-refractivity contribution in [2.75, 3.05) is 5.88 Å². The summed E-state index contributed by atoms with van der Waals surface area (Å²) < 4.78 is 34.7. The largest absolute Gasteiger partial charge is 0.484 e. The topological polar surface area (TPSA) is 41.1 Å². The third-order valence-electron chi connectivity index (χ3n) is 1.02. The molecule has 3 nitrogen and oxygen atoms in total. The van der Waals surface area contributed by atoms with Gasteiger partial charge in [-0.05, 0) is 0 Å². The second kappa shape index (κ2) is 3.26. The quantitative estimate of drug-likeness (QED) is 0.611. The Morgan fingerprint density at radius 1 is 1.67 bits per heavy atom. The summed E-state index contributed by atoms with van der Waals surface area (Å²) in [5.74, 6) is -0.682. The molecule has 1 amide bonds. The van der Waals surface area contributed by atoms with Crippen LogP contribution in [0.25, 0.3) is 0 Å². The second-order valence-corrected chi connectivity index (χ2v) is 2.97. The molecule has 1 aliphatic rings. The van der Waals surface area contributed by atoms with Gasteiger partial charge in [0.2, 0.25) is 0 Å². The van der Waals surface area contributed by atoms with Gasteiger partial charge in [-0.3, -0.25) is 10.1 Å². The third-order valence-corrected chi connectivity index (χ3v) is 1.95. The van der Waals surface area contributed by atoms with E-state index in [4.69, 9.17) is 0 Å². The normalized spacial score (nSPS) is 16.8. The first-order valence-corrected chi connectivity index (χ1v) is 3.93. The molecule has 2 N–H and O–H groups in total. The summed E-state index contributed by atoms with van der Waals surface area (Å²) in [6.45, 7) is 0. The molecule has 0 spiro atoms. The molecule has 0 aromatic carbocycles. The molecule has 0 saturated carbocycles. The maximum atomic E-state index is 11.6. The Balaban J connectivity index is 2.49. The van der Waals surface area contributed by atoms with E-state index in [9.17, 15) is 18.0 Å². The summed E-state index contributed by atoms with van der Waals surface area (Å²) in [5, 5.41) is 3.50. The number of carbonyl (C=O) groups is 1. The van der Waals surface area contributed by atoms with E-state index < -0.39 is 12.2 Å². The highest BCUT2D eigenvalue weighted by Gasteiger charge is 2.31. The summed E-state index contributed by atoms with van der Waals surface area (Å²) in [6.07, 6.45) is -3.40. The molecule has 12 heavy (non-hydrogen) atoms. The molecule has 0 radical (unpaired) electrons. The standard InChI is InChI=1S/C5H5F3N2OS/c6-5(7,8)10-4(11)3-1-9-2-12-3/h1,9H,2H2,(H,10,11). The fraction of sp³-hybridized carbons (Fsp3) is 0.400. The van der Waals surface area contributed by atoms with E-state index in [2.05, 4.69) is 5.32 Å². The van der Waals surface area contributed by atoms with E-state index in [0.29, 0.717) is 5.88 Å². The summed E-state index contributed by atoms with van der Waals surface area (Å²) in [5.41, 5.74) is 0. The summed E-state index contributed by atoms with van der Waals surface area (Å²) in [6, 6.07) is 0. The molecule has 0 saturated heterocycles. The minimum atomic E-state index is -4.65. The molecule has 0 bridgehead atoms. The van der Waals surface area contributed by atoms with Crippen molar-refractivity contribution in [3.8, 4) is 0 Å².